The third-order valence-corrected chi connectivity index (χ3v) is 7.31. The summed E-state index contributed by atoms with van der Waals surface area (Å²) in [6, 6.07) is 11.8. The van der Waals surface area contributed by atoms with Crippen LogP contribution in [0.15, 0.2) is 72.5 Å². The van der Waals surface area contributed by atoms with Crippen LogP contribution < -0.4 is 4.74 Å². The summed E-state index contributed by atoms with van der Waals surface area (Å²) >= 11 is 0. The predicted molar refractivity (Wildman–Crippen MR) is 147 cm³/mol. The Labute approximate surface area is 227 Å². The molecule has 0 amide bonds. The van der Waals surface area contributed by atoms with Crippen molar-refractivity contribution in [2.45, 2.75) is 52.4 Å². The Bertz CT molecular complexity index is 1360. The van der Waals surface area contributed by atoms with Gasteiger partial charge in [0.1, 0.15) is 12.3 Å². The van der Waals surface area contributed by atoms with Gasteiger partial charge in [0.25, 0.3) is 0 Å². The molecule has 0 saturated carbocycles. The van der Waals surface area contributed by atoms with Gasteiger partial charge in [0.2, 0.25) is 0 Å². The van der Waals surface area contributed by atoms with Crippen molar-refractivity contribution in [3.8, 4) is 5.75 Å². The lowest BCUT2D eigenvalue weighted by Gasteiger charge is -2.29. The van der Waals surface area contributed by atoms with Crippen LogP contribution in [0.4, 0.5) is 13.2 Å². The first-order chi connectivity index (χ1) is 18.6. The molecule has 3 aromatic rings. The van der Waals surface area contributed by atoms with Crippen LogP contribution in [0, 0.1) is 12.8 Å². The predicted octanol–water partition coefficient (Wildman–Crippen LogP) is 7.24. The Balaban J connectivity index is 1.45. The Morgan fingerprint density at radius 1 is 1.18 bits per heavy atom. The molecule has 1 aliphatic carbocycles. The topological polar surface area (TPSA) is 54.7 Å². The molecule has 0 fully saturated rings. The Morgan fingerprint density at radius 3 is 2.69 bits per heavy atom. The van der Waals surface area contributed by atoms with E-state index in [4.69, 9.17) is 9.84 Å². The molecule has 1 atom stereocenters. The summed E-state index contributed by atoms with van der Waals surface area (Å²) in [5.41, 5.74) is 2.52. The smallest absolute Gasteiger partial charge is 0.416 e. The van der Waals surface area contributed by atoms with E-state index in [1.165, 1.54) is 11.6 Å². The Hall–Kier alpha value is -3.52. The number of carboxylic acid groups (broad SMARTS) is 1. The number of benzene rings is 2. The fraction of sp³-hybridized carbons (Fsp3) is 0.387. The van der Waals surface area contributed by atoms with E-state index in [1.54, 1.807) is 23.8 Å². The highest BCUT2D eigenvalue weighted by Gasteiger charge is 2.33. The maximum absolute atomic E-state index is 13.5. The molecular weight excluding hydrogens is 505 g/mol. The van der Waals surface area contributed by atoms with E-state index in [0.717, 1.165) is 36.4 Å². The van der Waals surface area contributed by atoms with Crippen LogP contribution >= 0.6 is 0 Å². The summed E-state index contributed by atoms with van der Waals surface area (Å²) in [6.45, 7) is 5.87. The summed E-state index contributed by atoms with van der Waals surface area (Å²) in [4.78, 5) is 13.4. The molecule has 0 unspecified atom stereocenters. The molecule has 1 N–H and O–H groups in total. The minimum atomic E-state index is -4.38. The van der Waals surface area contributed by atoms with Gasteiger partial charge in [-0.3, -0.25) is 9.69 Å². The molecule has 208 valence electrons. The van der Waals surface area contributed by atoms with Gasteiger partial charge in [0.15, 0.2) is 0 Å². The van der Waals surface area contributed by atoms with Crippen LogP contribution in [0.25, 0.3) is 10.9 Å². The normalized spacial score (nSPS) is 14.6. The second kappa shape index (κ2) is 12.6. The highest BCUT2D eigenvalue weighted by atomic mass is 19.4. The lowest BCUT2D eigenvalue weighted by molar-refractivity contribution is -0.138. The van der Waals surface area contributed by atoms with Crippen molar-refractivity contribution >= 4 is 16.9 Å². The second-order valence-corrected chi connectivity index (χ2v) is 10.2. The molecule has 0 bridgehead atoms. The van der Waals surface area contributed by atoms with E-state index in [9.17, 15) is 18.0 Å². The van der Waals surface area contributed by atoms with E-state index in [-0.39, 0.29) is 18.0 Å². The van der Waals surface area contributed by atoms with Crippen LogP contribution in [-0.2, 0) is 24.1 Å². The SMILES string of the molecule is Cc1c(CN(CCCOc2cccc3c2ccn3CC(=O)O)C[C@@H](C)C2=CC=CCC2)cccc1C(F)(F)F. The number of fused-ring (bicyclic) bond motifs is 1. The van der Waals surface area contributed by atoms with Crippen molar-refractivity contribution in [3.63, 3.8) is 0 Å². The molecule has 0 aliphatic heterocycles. The number of hydrogen-bond acceptors (Lipinski definition) is 3. The van der Waals surface area contributed by atoms with E-state index < -0.39 is 17.7 Å². The van der Waals surface area contributed by atoms with Gasteiger partial charge in [0, 0.05) is 31.2 Å². The molecule has 1 aromatic heterocycles. The van der Waals surface area contributed by atoms with Crippen molar-refractivity contribution in [2.24, 2.45) is 5.92 Å². The number of carbonyl (C=O) groups is 1. The maximum Gasteiger partial charge on any atom is 0.416 e. The molecule has 8 heteroatoms. The Morgan fingerprint density at radius 2 is 1.97 bits per heavy atom. The average Bonchev–Trinajstić information content (AvgIpc) is 3.30. The number of carboxylic acids is 1. The summed E-state index contributed by atoms with van der Waals surface area (Å²) in [5.74, 6) is 0.0540. The quantitative estimate of drug-likeness (QED) is 0.246. The zero-order chi connectivity index (χ0) is 28.0. The molecule has 0 radical (unpaired) electrons. The van der Waals surface area contributed by atoms with Crippen molar-refractivity contribution in [2.75, 3.05) is 19.7 Å². The van der Waals surface area contributed by atoms with E-state index in [0.29, 0.717) is 37.4 Å². The minimum Gasteiger partial charge on any atom is -0.493 e. The molecule has 0 saturated heterocycles. The Kier molecular flexibility index (Phi) is 9.17. The molecular formula is C31H35F3N2O3. The van der Waals surface area contributed by atoms with Crippen molar-refractivity contribution in [3.05, 3.63) is 89.2 Å². The van der Waals surface area contributed by atoms with Gasteiger partial charge in [-0.25, -0.2) is 0 Å². The molecule has 39 heavy (non-hydrogen) atoms. The molecule has 1 aliphatic rings. The largest absolute Gasteiger partial charge is 0.493 e. The van der Waals surface area contributed by atoms with Crippen LogP contribution in [0.3, 0.4) is 0 Å². The van der Waals surface area contributed by atoms with Gasteiger partial charge in [-0.2, -0.15) is 13.2 Å². The van der Waals surface area contributed by atoms with Crippen LogP contribution in [0.2, 0.25) is 0 Å². The fourth-order valence-electron chi connectivity index (χ4n) is 5.25. The highest BCUT2D eigenvalue weighted by molar-refractivity contribution is 5.87. The number of nitrogens with zero attached hydrogens (tertiary/aromatic N) is 2. The van der Waals surface area contributed by atoms with E-state index in [1.807, 2.05) is 24.3 Å². The summed E-state index contributed by atoms with van der Waals surface area (Å²) in [5, 5.41) is 9.99. The van der Waals surface area contributed by atoms with Crippen LogP contribution in [0.5, 0.6) is 5.75 Å². The number of allylic oxidation sites excluding steroid dienone is 3. The molecule has 2 aromatic carbocycles. The van der Waals surface area contributed by atoms with Crippen molar-refractivity contribution in [1.29, 1.82) is 0 Å². The first kappa shape index (κ1) is 28.5. The number of alkyl halides is 3. The number of aromatic nitrogens is 1. The molecule has 5 nitrogen and oxygen atoms in total. The van der Waals surface area contributed by atoms with Crippen molar-refractivity contribution in [1.82, 2.24) is 9.47 Å². The number of aliphatic carboxylic acids is 1. The monoisotopic (exact) mass is 540 g/mol. The van der Waals surface area contributed by atoms with Crippen LogP contribution in [0.1, 0.15) is 42.9 Å². The standard InChI is InChI=1S/C31H35F3N2O3/c1-22(24-9-4-3-5-10-24)19-35(20-25-11-6-12-27(23(25)2)31(32,33)34)16-8-18-39-29-14-7-13-28-26(29)15-17-36(28)21-30(37)38/h3-4,6-7,9,11-15,17,22H,5,8,10,16,18-21H2,1-2H3,(H,37,38)/t22-/m1/s1. The van der Waals surface area contributed by atoms with Gasteiger partial charge in [-0.1, -0.05) is 48.9 Å². The third kappa shape index (κ3) is 7.32. The lowest BCUT2D eigenvalue weighted by Crippen LogP contribution is -2.31. The van der Waals surface area contributed by atoms with Gasteiger partial charge in [-0.05, 0) is 67.5 Å². The molecule has 0 spiro atoms. The second-order valence-electron chi connectivity index (χ2n) is 10.2. The van der Waals surface area contributed by atoms with Gasteiger partial charge < -0.3 is 14.4 Å². The van der Waals surface area contributed by atoms with Crippen LogP contribution in [-0.4, -0.2) is 40.2 Å². The summed E-state index contributed by atoms with van der Waals surface area (Å²) in [6.07, 6.45) is 6.44. The average molecular weight is 541 g/mol. The van der Waals surface area contributed by atoms with Crippen molar-refractivity contribution < 1.29 is 27.8 Å². The third-order valence-electron chi connectivity index (χ3n) is 7.31. The number of ether oxygens (including phenoxy) is 1. The van der Waals surface area contributed by atoms with Gasteiger partial charge >= 0.3 is 12.1 Å². The van der Waals surface area contributed by atoms with Gasteiger partial charge in [-0.15, -0.1) is 0 Å². The minimum absolute atomic E-state index is 0.124. The lowest BCUT2D eigenvalue weighted by atomic mass is 9.92. The molecule has 1 heterocycles. The summed E-state index contributed by atoms with van der Waals surface area (Å²) < 4.78 is 48.3. The fourth-order valence-corrected chi connectivity index (χ4v) is 5.25. The number of hydrogen-bond donors (Lipinski definition) is 1. The summed E-state index contributed by atoms with van der Waals surface area (Å²) in [7, 11) is 0. The maximum atomic E-state index is 13.5. The van der Waals surface area contributed by atoms with E-state index in [2.05, 4.69) is 30.1 Å². The first-order valence-corrected chi connectivity index (χ1v) is 13.3. The van der Waals surface area contributed by atoms with E-state index >= 15 is 0 Å². The zero-order valence-corrected chi connectivity index (χ0v) is 22.4. The number of halogens is 3. The zero-order valence-electron chi connectivity index (χ0n) is 22.4. The van der Waals surface area contributed by atoms with Gasteiger partial charge in [0.05, 0.1) is 17.7 Å². The first-order valence-electron chi connectivity index (χ1n) is 13.3. The molecule has 4 rings (SSSR count). The number of rotatable bonds is 12. The highest BCUT2D eigenvalue weighted by Crippen LogP contribution is 2.33.